The number of rotatable bonds is 6. The predicted molar refractivity (Wildman–Crippen MR) is 67.6 cm³/mol. The highest BCUT2D eigenvalue weighted by Gasteiger charge is 1.95. The van der Waals surface area contributed by atoms with Crippen molar-refractivity contribution in [1.82, 2.24) is 5.32 Å². The fourth-order valence-electron chi connectivity index (χ4n) is 1.45. The van der Waals surface area contributed by atoms with Crippen molar-refractivity contribution in [2.75, 3.05) is 19.0 Å². The van der Waals surface area contributed by atoms with Crippen LogP contribution in [0.15, 0.2) is 36.4 Å². The molecule has 1 nitrogen and oxygen atoms in total. The molecule has 0 amide bonds. The molecule has 1 aromatic carbocycles. The molecule has 0 aliphatic rings. The number of hydrogen-bond acceptors (Lipinski definition) is 1. The molecule has 0 saturated heterocycles. The zero-order valence-electron chi connectivity index (χ0n) is 9.17. The fourth-order valence-corrected chi connectivity index (χ4v) is 1.57. The van der Waals surface area contributed by atoms with E-state index < -0.39 is 0 Å². The van der Waals surface area contributed by atoms with Crippen LogP contribution in [-0.2, 0) is 6.42 Å². The summed E-state index contributed by atoms with van der Waals surface area (Å²) in [4.78, 5) is 0. The van der Waals surface area contributed by atoms with E-state index in [9.17, 15) is 0 Å². The number of hydrogen-bond donors (Lipinski definition) is 1. The molecule has 1 N–H and O–H groups in total. The van der Waals surface area contributed by atoms with Crippen LogP contribution in [0.5, 0.6) is 0 Å². The Balaban J connectivity index is 2.20. The highest BCUT2D eigenvalue weighted by molar-refractivity contribution is 6.18. The molecule has 1 rings (SSSR count). The van der Waals surface area contributed by atoms with E-state index in [-0.39, 0.29) is 0 Å². The average molecular weight is 224 g/mol. The maximum absolute atomic E-state index is 5.52. The predicted octanol–water partition coefficient (Wildman–Crippen LogP) is 2.92. The maximum Gasteiger partial charge on any atom is 0.0404 e. The molecular weight excluding hydrogens is 206 g/mol. The van der Waals surface area contributed by atoms with Gasteiger partial charge in [-0.05, 0) is 31.0 Å². The molecule has 15 heavy (non-hydrogen) atoms. The molecule has 0 saturated carbocycles. The zero-order valence-corrected chi connectivity index (χ0v) is 9.93. The summed E-state index contributed by atoms with van der Waals surface area (Å²) in [7, 11) is 0. The average Bonchev–Trinajstić information content (AvgIpc) is 2.25. The van der Waals surface area contributed by atoms with E-state index in [1.54, 1.807) is 0 Å². The zero-order chi connectivity index (χ0) is 10.9. The lowest BCUT2D eigenvalue weighted by molar-refractivity contribution is 0.742. The summed E-state index contributed by atoms with van der Waals surface area (Å²) < 4.78 is 0. The number of aryl methyl sites for hydroxylation is 1. The lowest BCUT2D eigenvalue weighted by Gasteiger charge is -2.05. The first-order valence-corrected chi connectivity index (χ1v) is 5.84. The van der Waals surface area contributed by atoms with E-state index in [1.807, 2.05) is 6.08 Å². The van der Waals surface area contributed by atoms with E-state index in [0.717, 1.165) is 19.5 Å². The summed E-state index contributed by atoms with van der Waals surface area (Å²) in [5.41, 5.74) is 2.79. The van der Waals surface area contributed by atoms with E-state index in [4.69, 9.17) is 11.6 Å². The Hall–Kier alpha value is -0.790. The summed E-state index contributed by atoms with van der Waals surface area (Å²) in [5, 5.41) is 3.35. The van der Waals surface area contributed by atoms with Gasteiger partial charge in [0.1, 0.15) is 0 Å². The Bertz CT molecular complexity index is 307. The van der Waals surface area contributed by atoms with E-state index in [2.05, 4.69) is 42.6 Å². The van der Waals surface area contributed by atoms with Crippen molar-refractivity contribution in [3.63, 3.8) is 0 Å². The number of allylic oxidation sites excluding steroid dienone is 1. The van der Waals surface area contributed by atoms with Crippen LogP contribution >= 0.6 is 11.6 Å². The third-order valence-corrected chi connectivity index (χ3v) is 2.53. The highest BCUT2D eigenvalue weighted by atomic mass is 35.5. The minimum atomic E-state index is 0.597. The summed E-state index contributed by atoms with van der Waals surface area (Å²) >= 11 is 5.52. The van der Waals surface area contributed by atoms with Gasteiger partial charge < -0.3 is 5.32 Å². The van der Waals surface area contributed by atoms with Crippen molar-refractivity contribution in [2.24, 2.45) is 0 Å². The molecule has 0 aromatic heterocycles. The van der Waals surface area contributed by atoms with Crippen molar-refractivity contribution >= 4 is 11.6 Å². The molecule has 0 spiro atoms. The van der Waals surface area contributed by atoms with Gasteiger partial charge in [-0.15, -0.1) is 11.6 Å². The quantitative estimate of drug-likeness (QED) is 0.444. The van der Waals surface area contributed by atoms with Gasteiger partial charge in [0.15, 0.2) is 0 Å². The van der Waals surface area contributed by atoms with Crippen LogP contribution in [0.3, 0.4) is 0 Å². The summed E-state index contributed by atoms with van der Waals surface area (Å²) in [6, 6.07) is 8.51. The molecule has 0 fully saturated rings. The Morgan fingerprint density at radius 1 is 1.27 bits per heavy atom. The Morgan fingerprint density at radius 3 is 2.80 bits per heavy atom. The largest absolute Gasteiger partial charge is 0.313 e. The Kier molecular flexibility index (Phi) is 6.14. The first-order chi connectivity index (χ1) is 7.34. The van der Waals surface area contributed by atoms with Crippen LogP contribution in [0.2, 0.25) is 0 Å². The van der Waals surface area contributed by atoms with Crippen LogP contribution in [0.1, 0.15) is 11.1 Å². The smallest absolute Gasteiger partial charge is 0.0404 e. The lowest BCUT2D eigenvalue weighted by Crippen LogP contribution is -2.17. The molecule has 0 aliphatic heterocycles. The van der Waals surface area contributed by atoms with Crippen molar-refractivity contribution < 1.29 is 0 Å². The fraction of sp³-hybridized carbons (Fsp3) is 0.385. The normalized spacial score (nSPS) is 11.1. The van der Waals surface area contributed by atoms with Crippen molar-refractivity contribution in [3.05, 3.63) is 47.5 Å². The van der Waals surface area contributed by atoms with E-state index in [1.165, 1.54) is 11.1 Å². The number of nitrogens with one attached hydrogen (secondary N) is 1. The van der Waals surface area contributed by atoms with Gasteiger partial charge in [-0.2, -0.15) is 0 Å². The number of benzene rings is 1. The summed E-state index contributed by atoms with van der Waals surface area (Å²) in [6.07, 6.45) is 5.11. The third kappa shape index (κ3) is 5.01. The molecule has 1 aromatic rings. The summed E-state index contributed by atoms with van der Waals surface area (Å²) in [6.45, 7) is 4.07. The summed E-state index contributed by atoms with van der Waals surface area (Å²) in [5.74, 6) is 0.597. The molecule has 2 heteroatoms. The minimum absolute atomic E-state index is 0.597. The molecule has 0 radical (unpaired) electrons. The second-order valence-corrected chi connectivity index (χ2v) is 3.81. The second-order valence-electron chi connectivity index (χ2n) is 3.51. The van der Waals surface area contributed by atoms with Gasteiger partial charge in [0, 0.05) is 12.4 Å². The molecule has 0 atom stereocenters. The second kappa shape index (κ2) is 7.49. The topological polar surface area (TPSA) is 12.0 Å². The van der Waals surface area contributed by atoms with Gasteiger partial charge >= 0.3 is 0 Å². The van der Waals surface area contributed by atoms with Gasteiger partial charge in [-0.25, -0.2) is 0 Å². The molecule has 0 bridgehead atoms. The first-order valence-electron chi connectivity index (χ1n) is 5.31. The first kappa shape index (κ1) is 12.3. The minimum Gasteiger partial charge on any atom is -0.313 e. The van der Waals surface area contributed by atoms with Gasteiger partial charge in [0.25, 0.3) is 0 Å². The third-order valence-electron chi connectivity index (χ3n) is 2.35. The molecule has 0 aliphatic carbocycles. The van der Waals surface area contributed by atoms with Gasteiger partial charge in [0.05, 0.1) is 0 Å². The number of halogens is 1. The maximum atomic E-state index is 5.52. The molecular formula is C13H18ClN. The van der Waals surface area contributed by atoms with Gasteiger partial charge in [-0.1, -0.05) is 36.4 Å². The van der Waals surface area contributed by atoms with Crippen LogP contribution in [-0.4, -0.2) is 19.0 Å². The molecule has 0 heterocycles. The number of alkyl halides is 1. The standard InChI is InChI=1S/C13H18ClN/c1-12-6-2-3-7-13(12)8-11-15-10-5-4-9-14/h2-7,15H,8-11H2,1H3/b5-4+. The van der Waals surface area contributed by atoms with E-state index >= 15 is 0 Å². The SMILES string of the molecule is Cc1ccccc1CCNC/C=C/CCl. The lowest BCUT2D eigenvalue weighted by atomic mass is 10.1. The molecule has 82 valence electrons. The van der Waals surface area contributed by atoms with Crippen LogP contribution in [0.25, 0.3) is 0 Å². The van der Waals surface area contributed by atoms with Crippen molar-refractivity contribution in [1.29, 1.82) is 0 Å². The van der Waals surface area contributed by atoms with Crippen molar-refractivity contribution in [3.8, 4) is 0 Å². The van der Waals surface area contributed by atoms with Crippen LogP contribution in [0, 0.1) is 6.92 Å². The highest BCUT2D eigenvalue weighted by Crippen LogP contribution is 2.06. The van der Waals surface area contributed by atoms with Gasteiger partial charge in [0.2, 0.25) is 0 Å². The monoisotopic (exact) mass is 223 g/mol. The van der Waals surface area contributed by atoms with Crippen LogP contribution < -0.4 is 5.32 Å². The van der Waals surface area contributed by atoms with E-state index in [0.29, 0.717) is 5.88 Å². The Morgan fingerprint density at radius 2 is 2.07 bits per heavy atom. The molecule has 0 unspecified atom stereocenters. The Labute approximate surface area is 97.1 Å². The van der Waals surface area contributed by atoms with Gasteiger partial charge in [-0.3, -0.25) is 0 Å². The van der Waals surface area contributed by atoms with Crippen LogP contribution in [0.4, 0.5) is 0 Å². The van der Waals surface area contributed by atoms with Crippen molar-refractivity contribution in [2.45, 2.75) is 13.3 Å².